The van der Waals surface area contributed by atoms with Gasteiger partial charge >= 0.3 is 0 Å². The zero-order valence-corrected chi connectivity index (χ0v) is 19.2. The number of fused-ring (bicyclic) bond motifs is 1. The summed E-state index contributed by atoms with van der Waals surface area (Å²) >= 11 is 0. The summed E-state index contributed by atoms with van der Waals surface area (Å²) in [5.41, 5.74) is 2.66. The summed E-state index contributed by atoms with van der Waals surface area (Å²) in [5.74, 6) is -0.0202. The van der Waals surface area contributed by atoms with Gasteiger partial charge in [0.25, 0.3) is 0 Å². The van der Waals surface area contributed by atoms with Gasteiger partial charge < -0.3 is 5.32 Å². The smallest absolute Gasteiger partial charge is 0.240 e. The van der Waals surface area contributed by atoms with Crippen molar-refractivity contribution in [3.63, 3.8) is 0 Å². The summed E-state index contributed by atoms with van der Waals surface area (Å²) in [4.78, 5) is 13.3. The first-order valence-electron chi connectivity index (χ1n) is 11.2. The minimum Gasteiger partial charge on any atom is -0.324 e. The maximum Gasteiger partial charge on any atom is 0.240 e. The number of hydrogen-bond acceptors (Lipinski definition) is 6. The van der Waals surface area contributed by atoms with Crippen LogP contribution in [0.15, 0.2) is 71.9 Å². The van der Waals surface area contributed by atoms with Crippen LogP contribution >= 0.6 is 0 Å². The molecule has 174 valence electrons. The number of halogens is 1. The molecule has 0 unspecified atom stereocenters. The van der Waals surface area contributed by atoms with Crippen LogP contribution in [0.5, 0.6) is 0 Å². The number of nitrogens with zero attached hydrogens (tertiary/aromatic N) is 3. The van der Waals surface area contributed by atoms with E-state index in [4.69, 9.17) is 0 Å². The van der Waals surface area contributed by atoms with Crippen LogP contribution in [0.4, 0.5) is 16.0 Å². The molecule has 5 rings (SSSR count). The Labute approximate surface area is 197 Å². The quantitative estimate of drug-likeness (QED) is 0.397. The lowest BCUT2D eigenvalue weighted by atomic mass is 9.96. The van der Waals surface area contributed by atoms with Crippen molar-refractivity contribution in [3.8, 4) is 11.3 Å². The molecule has 9 heteroatoms. The Morgan fingerprint density at radius 3 is 2.50 bits per heavy atom. The minimum absolute atomic E-state index is 0.0108. The van der Waals surface area contributed by atoms with Gasteiger partial charge in [0.1, 0.15) is 5.82 Å². The molecular weight excluding hydrogens is 453 g/mol. The molecule has 1 saturated carbocycles. The molecule has 1 fully saturated rings. The highest BCUT2D eigenvalue weighted by Crippen LogP contribution is 2.25. The third kappa shape index (κ3) is 5.05. The summed E-state index contributed by atoms with van der Waals surface area (Å²) in [6.07, 6.45) is 8.33. The van der Waals surface area contributed by atoms with E-state index in [0.29, 0.717) is 22.8 Å². The highest BCUT2D eigenvalue weighted by molar-refractivity contribution is 7.89. The molecule has 0 bridgehead atoms. The average Bonchev–Trinajstić information content (AvgIpc) is 2.84. The second kappa shape index (κ2) is 9.44. The zero-order valence-electron chi connectivity index (χ0n) is 18.4. The van der Waals surface area contributed by atoms with Gasteiger partial charge in [-0.1, -0.05) is 31.4 Å². The summed E-state index contributed by atoms with van der Waals surface area (Å²) in [6, 6.07) is 14.7. The number of sulfonamides is 1. The van der Waals surface area contributed by atoms with E-state index >= 15 is 0 Å². The maximum absolute atomic E-state index is 13.5. The van der Waals surface area contributed by atoms with Crippen LogP contribution in [-0.2, 0) is 10.0 Å². The number of pyridine rings is 1. The van der Waals surface area contributed by atoms with Crippen LogP contribution in [0.1, 0.15) is 32.1 Å². The fraction of sp³-hybridized carbons (Fsp3) is 0.240. The molecular formula is C25H24FN5O2S. The first-order chi connectivity index (χ1) is 16.5. The highest BCUT2D eigenvalue weighted by Gasteiger charge is 2.21. The molecule has 34 heavy (non-hydrogen) atoms. The van der Waals surface area contributed by atoms with E-state index in [1.165, 1.54) is 18.6 Å². The molecule has 7 nitrogen and oxygen atoms in total. The van der Waals surface area contributed by atoms with Crippen molar-refractivity contribution in [2.45, 2.75) is 43.0 Å². The van der Waals surface area contributed by atoms with Gasteiger partial charge in [-0.3, -0.25) is 4.98 Å². The van der Waals surface area contributed by atoms with Gasteiger partial charge in [-0.05, 0) is 49.2 Å². The first-order valence-corrected chi connectivity index (χ1v) is 12.7. The molecule has 1 aliphatic carbocycles. The van der Waals surface area contributed by atoms with Crippen LogP contribution in [0.25, 0.3) is 22.2 Å². The van der Waals surface area contributed by atoms with Crippen LogP contribution in [0, 0.1) is 5.82 Å². The molecule has 2 heterocycles. The van der Waals surface area contributed by atoms with Crippen LogP contribution in [0.3, 0.4) is 0 Å². The summed E-state index contributed by atoms with van der Waals surface area (Å²) in [7, 11) is -3.55. The molecule has 0 atom stereocenters. The third-order valence-corrected chi connectivity index (χ3v) is 7.48. The van der Waals surface area contributed by atoms with Crippen molar-refractivity contribution in [3.05, 3.63) is 72.8 Å². The van der Waals surface area contributed by atoms with Crippen molar-refractivity contribution >= 4 is 32.6 Å². The van der Waals surface area contributed by atoms with Gasteiger partial charge in [-0.15, -0.1) is 0 Å². The number of hydrogen-bond donors (Lipinski definition) is 2. The van der Waals surface area contributed by atoms with Crippen molar-refractivity contribution in [2.75, 3.05) is 5.32 Å². The van der Waals surface area contributed by atoms with Gasteiger partial charge in [-0.2, -0.15) is 0 Å². The van der Waals surface area contributed by atoms with Gasteiger partial charge in [-0.25, -0.2) is 27.5 Å². The Kier molecular flexibility index (Phi) is 6.21. The van der Waals surface area contributed by atoms with Gasteiger partial charge in [0, 0.05) is 41.1 Å². The van der Waals surface area contributed by atoms with Crippen molar-refractivity contribution < 1.29 is 12.8 Å². The second-order valence-electron chi connectivity index (χ2n) is 8.43. The van der Waals surface area contributed by atoms with E-state index in [2.05, 4.69) is 25.0 Å². The van der Waals surface area contributed by atoms with E-state index < -0.39 is 10.0 Å². The predicted molar refractivity (Wildman–Crippen MR) is 130 cm³/mol. The maximum atomic E-state index is 13.5. The molecule has 0 radical (unpaired) electrons. The Bertz CT molecular complexity index is 1420. The van der Waals surface area contributed by atoms with Crippen molar-refractivity contribution in [2.24, 2.45) is 0 Å². The SMILES string of the molecule is O=S(=O)(NC1CCCCC1)c1ccc(-c2cc(Nc3ncc4ccc(F)cc4n3)ccn2)cc1. The normalized spacial score (nSPS) is 14.9. The Hall–Kier alpha value is -3.43. The fourth-order valence-corrected chi connectivity index (χ4v) is 5.47. The highest BCUT2D eigenvalue weighted by atomic mass is 32.2. The zero-order chi connectivity index (χ0) is 23.5. The lowest BCUT2D eigenvalue weighted by Crippen LogP contribution is -2.36. The molecule has 2 aromatic heterocycles. The van der Waals surface area contributed by atoms with Gasteiger partial charge in [0.2, 0.25) is 16.0 Å². The molecule has 1 aliphatic rings. The molecule has 2 N–H and O–H groups in total. The van der Waals surface area contributed by atoms with Gasteiger partial charge in [0.05, 0.1) is 16.1 Å². The largest absolute Gasteiger partial charge is 0.324 e. The van der Waals surface area contributed by atoms with Crippen LogP contribution in [-0.4, -0.2) is 29.4 Å². The topological polar surface area (TPSA) is 96.9 Å². The molecule has 0 aliphatic heterocycles. The van der Waals surface area contributed by atoms with E-state index in [1.807, 2.05) is 6.07 Å². The standard InChI is InChI=1S/C25H24FN5O2S/c26-19-9-6-18-16-28-25(30-24(18)14-19)29-21-12-13-27-23(15-21)17-7-10-22(11-8-17)34(32,33)31-20-4-2-1-3-5-20/h6-16,20,31H,1-5H2,(H,27,28,29,30). The van der Waals surface area contributed by atoms with Crippen molar-refractivity contribution in [1.29, 1.82) is 0 Å². The monoisotopic (exact) mass is 477 g/mol. The van der Waals surface area contributed by atoms with Gasteiger partial charge in [0.15, 0.2) is 0 Å². The molecule has 2 aromatic carbocycles. The summed E-state index contributed by atoms with van der Waals surface area (Å²) in [5, 5.41) is 3.86. The number of nitrogens with one attached hydrogen (secondary N) is 2. The van der Waals surface area contributed by atoms with Crippen molar-refractivity contribution in [1.82, 2.24) is 19.7 Å². The van der Waals surface area contributed by atoms with E-state index in [-0.39, 0.29) is 16.8 Å². The average molecular weight is 478 g/mol. The Morgan fingerprint density at radius 1 is 0.912 bits per heavy atom. The van der Waals surface area contributed by atoms with Crippen LogP contribution in [0.2, 0.25) is 0 Å². The van der Waals surface area contributed by atoms with Crippen LogP contribution < -0.4 is 10.0 Å². The lowest BCUT2D eigenvalue weighted by Gasteiger charge is -2.22. The molecule has 4 aromatic rings. The number of rotatable bonds is 6. The number of aromatic nitrogens is 3. The second-order valence-corrected chi connectivity index (χ2v) is 10.1. The van der Waals surface area contributed by atoms with E-state index in [0.717, 1.165) is 36.6 Å². The van der Waals surface area contributed by atoms with E-state index in [9.17, 15) is 12.8 Å². The summed E-state index contributed by atoms with van der Waals surface area (Å²) in [6.45, 7) is 0. The molecule has 0 amide bonds. The Balaban J connectivity index is 1.33. The molecule has 0 spiro atoms. The summed E-state index contributed by atoms with van der Waals surface area (Å²) < 4.78 is 41.8. The lowest BCUT2D eigenvalue weighted by molar-refractivity contribution is 0.412. The minimum atomic E-state index is -3.55. The molecule has 0 saturated heterocycles. The number of anilines is 2. The third-order valence-electron chi connectivity index (χ3n) is 5.95. The number of benzene rings is 2. The predicted octanol–water partition coefficient (Wildman–Crippen LogP) is 5.19. The van der Waals surface area contributed by atoms with E-state index in [1.54, 1.807) is 48.8 Å². The fourth-order valence-electron chi connectivity index (χ4n) is 4.16. The first kappa shape index (κ1) is 22.4. The Morgan fingerprint density at radius 2 is 1.71 bits per heavy atom.